The van der Waals surface area contributed by atoms with Crippen LogP contribution in [0.1, 0.15) is 30.4 Å². The molecule has 5 heteroatoms. The van der Waals surface area contributed by atoms with Crippen molar-refractivity contribution in [1.82, 2.24) is 0 Å². The molecule has 0 saturated carbocycles. The van der Waals surface area contributed by atoms with Crippen LogP contribution in [0.3, 0.4) is 0 Å². The van der Waals surface area contributed by atoms with Gasteiger partial charge in [0.1, 0.15) is 0 Å². The summed E-state index contributed by atoms with van der Waals surface area (Å²) in [5, 5.41) is 8.61. The monoisotopic (exact) mass is 456 g/mol. The molecule has 1 aliphatic heterocycles. The number of ether oxygens (including phenoxy) is 2. The Kier molecular flexibility index (Phi) is 8.99. The number of benzene rings is 2. The summed E-state index contributed by atoms with van der Waals surface area (Å²) in [6.07, 6.45) is 3.40. The minimum Gasteiger partial charge on any atom is -0.392 e. The summed E-state index contributed by atoms with van der Waals surface area (Å²) in [6.45, 7) is 1.59. The van der Waals surface area contributed by atoms with E-state index < -0.39 is 0 Å². The Hall–Kier alpha value is -0.720. The van der Waals surface area contributed by atoms with Crippen LogP contribution in [0, 0.1) is 0 Å². The first kappa shape index (κ1) is 19.6. The molecular weight excluding hydrogens is 436 g/mol. The van der Waals surface area contributed by atoms with Gasteiger partial charge >= 0.3 is 0 Å². The number of halogens is 2. The molecule has 1 fully saturated rings. The van der Waals surface area contributed by atoms with Gasteiger partial charge in [0.05, 0.1) is 13.2 Å². The molecule has 1 saturated heterocycles. The van der Waals surface area contributed by atoms with Gasteiger partial charge in [-0.15, -0.1) is 0 Å². The van der Waals surface area contributed by atoms with Crippen LogP contribution in [-0.4, -0.2) is 18.0 Å². The molecule has 1 aliphatic rings. The van der Waals surface area contributed by atoms with E-state index in [0.29, 0.717) is 6.61 Å². The molecule has 3 nitrogen and oxygen atoms in total. The van der Waals surface area contributed by atoms with E-state index in [9.17, 15) is 0 Å². The fraction of sp³-hybridized carbons (Fsp3) is 0.368. The third-order valence-corrected chi connectivity index (χ3v) is 4.64. The third kappa shape index (κ3) is 7.45. The standard InChI is InChI=1S/C12H15BrO2.C7H7BrO/c13-11-6-4-10(5-7-11)9-15-12-3-1-2-8-14-12;8-7-3-1-6(5-9)2-4-7/h4-7,12H,1-3,8-9H2;1-4,9H,5H2. The normalized spacial score (nSPS) is 17.0. The second kappa shape index (κ2) is 11.0. The molecule has 1 atom stereocenters. The van der Waals surface area contributed by atoms with Crippen molar-refractivity contribution in [2.24, 2.45) is 0 Å². The lowest BCUT2D eigenvalue weighted by atomic mass is 10.2. The topological polar surface area (TPSA) is 38.7 Å². The van der Waals surface area contributed by atoms with E-state index in [4.69, 9.17) is 14.6 Å². The van der Waals surface area contributed by atoms with E-state index in [1.807, 2.05) is 36.4 Å². The first-order valence-electron chi connectivity index (χ1n) is 8.00. The highest BCUT2D eigenvalue weighted by molar-refractivity contribution is 9.10. The Labute approximate surface area is 160 Å². The van der Waals surface area contributed by atoms with Crippen molar-refractivity contribution in [3.63, 3.8) is 0 Å². The number of hydrogen-bond donors (Lipinski definition) is 1. The smallest absolute Gasteiger partial charge is 0.158 e. The zero-order valence-electron chi connectivity index (χ0n) is 13.5. The minimum atomic E-state index is 0.00222. The Morgan fingerprint density at radius 2 is 1.50 bits per heavy atom. The van der Waals surface area contributed by atoms with E-state index in [1.54, 1.807) is 0 Å². The molecule has 2 aromatic rings. The van der Waals surface area contributed by atoms with Crippen molar-refractivity contribution >= 4 is 31.9 Å². The molecule has 1 heterocycles. The highest BCUT2D eigenvalue weighted by Gasteiger charge is 2.13. The maximum absolute atomic E-state index is 8.61. The molecule has 24 heavy (non-hydrogen) atoms. The molecular formula is C19H22Br2O3. The predicted molar refractivity (Wildman–Crippen MR) is 103 cm³/mol. The fourth-order valence-electron chi connectivity index (χ4n) is 2.20. The van der Waals surface area contributed by atoms with E-state index in [2.05, 4.69) is 44.0 Å². The Morgan fingerprint density at radius 3 is 2.00 bits per heavy atom. The molecule has 0 amide bonds. The third-order valence-electron chi connectivity index (χ3n) is 3.58. The molecule has 1 unspecified atom stereocenters. The van der Waals surface area contributed by atoms with E-state index >= 15 is 0 Å². The van der Waals surface area contributed by atoms with Crippen molar-refractivity contribution < 1.29 is 14.6 Å². The maximum Gasteiger partial charge on any atom is 0.158 e. The lowest BCUT2D eigenvalue weighted by Crippen LogP contribution is -2.21. The van der Waals surface area contributed by atoms with Gasteiger partial charge in [-0.3, -0.25) is 0 Å². The van der Waals surface area contributed by atoms with Gasteiger partial charge in [-0.05, 0) is 54.7 Å². The molecule has 1 N–H and O–H groups in total. The highest BCUT2D eigenvalue weighted by atomic mass is 79.9. The largest absolute Gasteiger partial charge is 0.392 e. The summed E-state index contributed by atoms with van der Waals surface area (Å²) in [5.74, 6) is 0. The van der Waals surface area contributed by atoms with Crippen molar-refractivity contribution in [2.45, 2.75) is 38.8 Å². The van der Waals surface area contributed by atoms with Crippen LogP contribution >= 0.6 is 31.9 Å². The SMILES string of the molecule is Brc1ccc(COC2CCCCO2)cc1.OCc1ccc(Br)cc1. The first-order valence-corrected chi connectivity index (χ1v) is 9.59. The van der Waals surface area contributed by atoms with Crippen molar-refractivity contribution in [3.8, 4) is 0 Å². The second-order valence-corrected chi connectivity index (χ2v) is 7.35. The summed E-state index contributed by atoms with van der Waals surface area (Å²) >= 11 is 6.70. The van der Waals surface area contributed by atoms with E-state index in [0.717, 1.165) is 34.0 Å². The number of hydrogen-bond acceptors (Lipinski definition) is 3. The van der Waals surface area contributed by atoms with Gasteiger partial charge in [0.25, 0.3) is 0 Å². The van der Waals surface area contributed by atoms with Gasteiger partial charge in [0.15, 0.2) is 6.29 Å². The number of rotatable bonds is 4. The van der Waals surface area contributed by atoms with Gasteiger partial charge in [-0.2, -0.15) is 0 Å². The Bertz CT molecular complexity index is 579. The summed E-state index contributed by atoms with van der Waals surface area (Å²) in [7, 11) is 0. The van der Waals surface area contributed by atoms with Crippen molar-refractivity contribution in [2.75, 3.05) is 6.61 Å². The van der Waals surface area contributed by atoms with E-state index in [1.165, 1.54) is 12.0 Å². The predicted octanol–water partition coefficient (Wildman–Crippen LogP) is 5.43. The van der Waals surface area contributed by atoms with Gasteiger partial charge in [0, 0.05) is 15.6 Å². The molecule has 3 rings (SSSR count). The molecule has 0 radical (unpaired) electrons. The quantitative estimate of drug-likeness (QED) is 0.664. The van der Waals surface area contributed by atoms with Crippen LogP contribution in [0.5, 0.6) is 0 Å². The zero-order chi connectivity index (χ0) is 17.2. The molecule has 0 aromatic heterocycles. The zero-order valence-corrected chi connectivity index (χ0v) is 16.6. The average molecular weight is 458 g/mol. The van der Waals surface area contributed by atoms with Crippen LogP contribution in [0.2, 0.25) is 0 Å². The van der Waals surface area contributed by atoms with Crippen LogP contribution < -0.4 is 0 Å². The van der Waals surface area contributed by atoms with Crippen molar-refractivity contribution in [1.29, 1.82) is 0 Å². The van der Waals surface area contributed by atoms with Crippen LogP contribution in [0.4, 0.5) is 0 Å². The lowest BCUT2D eigenvalue weighted by molar-refractivity contribution is -0.168. The molecule has 2 aromatic carbocycles. The second-order valence-electron chi connectivity index (χ2n) is 5.52. The van der Waals surface area contributed by atoms with Crippen LogP contribution in [0.25, 0.3) is 0 Å². The summed E-state index contributed by atoms with van der Waals surface area (Å²) in [6, 6.07) is 15.8. The van der Waals surface area contributed by atoms with Crippen LogP contribution in [-0.2, 0) is 22.7 Å². The summed E-state index contributed by atoms with van der Waals surface area (Å²) < 4.78 is 13.3. The van der Waals surface area contributed by atoms with Gasteiger partial charge < -0.3 is 14.6 Å². The van der Waals surface area contributed by atoms with Crippen molar-refractivity contribution in [3.05, 3.63) is 68.6 Å². The average Bonchev–Trinajstić information content (AvgIpc) is 2.63. The van der Waals surface area contributed by atoms with E-state index in [-0.39, 0.29) is 12.9 Å². The summed E-state index contributed by atoms with van der Waals surface area (Å²) in [4.78, 5) is 0. The van der Waals surface area contributed by atoms with Crippen LogP contribution in [0.15, 0.2) is 57.5 Å². The maximum atomic E-state index is 8.61. The first-order chi connectivity index (χ1) is 11.7. The lowest BCUT2D eigenvalue weighted by Gasteiger charge is -2.22. The molecule has 0 spiro atoms. The fourth-order valence-corrected chi connectivity index (χ4v) is 2.73. The minimum absolute atomic E-state index is 0.00222. The number of aliphatic hydroxyl groups excluding tert-OH is 1. The molecule has 0 bridgehead atoms. The highest BCUT2D eigenvalue weighted by Crippen LogP contribution is 2.16. The number of aliphatic hydroxyl groups is 1. The van der Waals surface area contributed by atoms with Gasteiger partial charge in [-0.25, -0.2) is 0 Å². The molecule has 130 valence electrons. The van der Waals surface area contributed by atoms with Gasteiger partial charge in [0.2, 0.25) is 0 Å². The molecule has 0 aliphatic carbocycles. The Balaban J connectivity index is 0.000000198. The summed E-state index contributed by atoms with van der Waals surface area (Å²) in [5.41, 5.74) is 2.13. The Morgan fingerprint density at radius 1 is 0.917 bits per heavy atom. The van der Waals surface area contributed by atoms with Gasteiger partial charge in [-0.1, -0.05) is 56.1 Å².